The summed E-state index contributed by atoms with van der Waals surface area (Å²) in [6, 6.07) is 2.65. The van der Waals surface area contributed by atoms with Crippen LogP contribution in [0.15, 0.2) is 24.5 Å². The predicted octanol–water partition coefficient (Wildman–Crippen LogP) is 3.78. The topological polar surface area (TPSA) is 46.0 Å². The second kappa shape index (κ2) is 6.40. The molecule has 2 aromatic rings. The fraction of sp³-hybridized carbons (Fsp3) is 0.286. The summed E-state index contributed by atoms with van der Waals surface area (Å²) in [7, 11) is 0. The smallest absolute Gasteiger partial charge is 0.182 e. The molecule has 118 valence electrons. The van der Waals surface area contributed by atoms with Gasteiger partial charge in [0.1, 0.15) is 23.6 Å². The Bertz CT molecular complexity index is 702. The summed E-state index contributed by atoms with van der Waals surface area (Å²) in [6.45, 7) is 1.41. The van der Waals surface area contributed by atoms with Gasteiger partial charge in [-0.2, -0.15) is 0 Å². The number of rotatable bonds is 4. The Balaban J connectivity index is 2.56. The molecule has 3 nitrogen and oxygen atoms in total. The van der Waals surface area contributed by atoms with Gasteiger partial charge >= 0.3 is 0 Å². The van der Waals surface area contributed by atoms with Gasteiger partial charge in [-0.25, -0.2) is 23.1 Å². The fourth-order valence-corrected chi connectivity index (χ4v) is 2.67. The van der Waals surface area contributed by atoms with Crippen molar-refractivity contribution in [3.63, 3.8) is 0 Å². The molecule has 0 aliphatic carbocycles. The summed E-state index contributed by atoms with van der Waals surface area (Å²) in [5.74, 6) is -4.23. The summed E-state index contributed by atoms with van der Waals surface area (Å²) in [6.07, 6.45) is 1.02. The zero-order valence-electron chi connectivity index (χ0n) is 11.3. The molecule has 22 heavy (non-hydrogen) atoms. The Labute approximate surface area is 134 Å². The van der Waals surface area contributed by atoms with Crippen molar-refractivity contribution in [2.24, 2.45) is 0 Å². The zero-order valence-corrected chi connectivity index (χ0v) is 12.8. The Hall–Kier alpha value is -1.37. The first-order valence-corrected chi connectivity index (χ1v) is 7.12. The van der Waals surface area contributed by atoms with Crippen molar-refractivity contribution in [3.8, 4) is 0 Å². The van der Waals surface area contributed by atoms with E-state index in [2.05, 4.69) is 9.97 Å². The molecule has 0 saturated heterocycles. The maximum Gasteiger partial charge on any atom is 0.182 e. The zero-order chi connectivity index (χ0) is 16.5. The van der Waals surface area contributed by atoms with Crippen molar-refractivity contribution in [1.29, 1.82) is 0 Å². The van der Waals surface area contributed by atoms with Crippen LogP contribution in [0.3, 0.4) is 0 Å². The van der Waals surface area contributed by atoms with E-state index >= 15 is 0 Å². The SMILES string of the molecule is C[C@H](c1ncnc(Cl)c1F)[C@](O)(CCl)c1ccc(F)cc1F. The van der Waals surface area contributed by atoms with Gasteiger partial charge in [0.15, 0.2) is 11.0 Å². The summed E-state index contributed by atoms with van der Waals surface area (Å²) < 4.78 is 41.0. The van der Waals surface area contributed by atoms with E-state index in [1.54, 1.807) is 0 Å². The first kappa shape index (κ1) is 17.0. The highest BCUT2D eigenvalue weighted by molar-refractivity contribution is 6.29. The van der Waals surface area contributed by atoms with Crippen LogP contribution < -0.4 is 0 Å². The van der Waals surface area contributed by atoms with Crippen LogP contribution in [-0.2, 0) is 5.60 Å². The van der Waals surface area contributed by atoms with Gasteiger partial charge in [0.25, 0.3) is 0 Å². The van der Waals surface area contributed by atoms with Crippen LogP contribution in [0.25, 0.3) is 0 Å². The monoisotopic (exact) mass is 350 g/mol. The van der Waals surface area contributed by atoms with E-state index in [0.717, 1.165) is 18.5 Å². The van der Waals surface area contributed by atoms with Gasteiger partial charge in [-0.1, -0.05) is 24.6 Å². The number of aliphatic hydroxyl groups is 1. The lowest BCUT2D eigenvalue weighted by molar-refractivity contribution is 0.0299. The minimum absolute atomic E-state index is 0.216. The van der Waals surface area contributed by atoms with Gasteiger partial charge in [-0.05, 0) is 6.07 Å². The van der Waals surface area contributed by atoms with Crippen molar-refractivity contribution >= 4 is 23.2 Å². The molecule has 0 fully saturated rings. The molecule has 0 radical (unpaired) electrons. The van der Waals surface area contributed by atoms with Crippen LogP contribution in [0.1, 0.15) is 24.1 Å². The molecule has 0 spiro atoms. The van der Waals surface area contributed by atoms with Gasteiger partial charge in [0, 0.05) is 17.5 Å². The molecule has 0 aliphatic rings. The third-order valence-electron chi connectivity index (χ3n) is 3.50. The standard InChI is InChI=1S/C14H11Cl2F3N2O/c1-7(12-11(19)13(16)21-6-20-12)14(22,5-15)9-3-2-8(17)4-10(9)18/h2-4,6-7,22H,5H2,1H3/t7-,14-/m1/s1. The van der Waals surface area contributed by atoms with Crippen LogP contribution in [0.5, 0.6) is 0 Å². The van der Waals surface area contributed by atoms with Gasteiger partial charge in [-0.3, -0.25) is 0 Å². The van der Waals surface area contributed by atoms with Crippen molar-refractivity contribution in [3.05, 3.63) is 58.4 Å². The van der Waals surface area contributed by atoms with E-state index in [0.29, 0.717) is 6.07 Å². The maximum absolute atomic E-state index is 14.0. The summed E-state index contributed by atoms with van der Waals surface area (Å²) >= 11 is 11.4. The number of alkyl halides is 1. The predicted molar refractivity (Wildman–Crippen MR) is 76.4 cm³/mol. The maximum atomic E-state index is 14.0. The normalized spacial score (nSPS) is 15.4. The summed E-state index contributed by atoms with van der Waals surface area (Å²) in [5, 5.41) is 10.3. The van der Waals surface area contributed by atoms with Crippen molar-refractivity contribution in [1.82, 2.24) is 9.97 Å². The van der Waals surface area contributed by atoms with Gasteiger partial charge < -0.3 is 5.11 Å². The lowest BCUT2D eigenvalue weighted by Gasteiger charge is -2.32. The average molecular weight is 351 g/mol. The Morgan fingerprint density at radius 2 is 1.95 bits per heavy atom. The molecule has 8 heteroatoms. The average Bonchev–Trinajstić information content (AvgIpc) is 2.48. The van der Waals surface area contributed by atoms with E-state index in [1.165, 1.54) is 6.92 Å². The molecular weight excluding hydrogens is 340 g/mol. The number of hydrogen-bond acceptors (Lipinski definition) is 3. The van der Waals surface area contributed by atoms with Crippen LogP contribution >= 0.6 is 23.2 Å². The summed E-state index contributed by atoms with van der Waals surface area (Å²) in [4.78, 5) is 7.21. The first-order chi connectivity index (χ1) is 10.3. The Kier molecular flexibility index (Phi) is 4.94. The molecule has 0 saturated carbocycles. The quantitative estimate of drug-likeness (QED) is 0.674. The highest BCUT2D eigenvalue weighted by Crippen LogP contribution is 2.39. The Morgan fingerprint density at radius 1 is 1.27 bits per heavy atom. The highest BCUT2D eigenvalue weighted by atomic mass is 35.5. The largest absolute Gasteiger partial charge is 0.383 e. The molecule has 1 aromatic carbocycles. The van der Waals surface area contributed by atoms with Crippen LogP contribution in [0, 0.1) is 17.5 Å². The Morgan fingerprint density at radius 3 is 2.55 bits per heavy atom. The first-order valence-electron chi connectivity index (χ1n) is 6.21. The van der Waals surface area contributed by atoms with E-state index in [1.807, 2.05) is 0 Å². The highest BCUT2D eigenvalue weighted by Gasteiger charge is 2.40. The summed E-state index contributed by atoms with van der Waals surface area (Å²) in [5.41, 5.74) is -2.48. The second-order valence-electron chi connectivity index (χ2n) is 4.77. The third-order valence-corrected chi connectivity index (χ3v) is 4.17. The van der Waals surface area contributed by atoms with Gasteiger partial charge in [-0.15, -0.1) is 11.6 Å². The minimum Gasteiger partial charge on any atom is -0.383 e. The molecule has 0 amide bonds. The van der Waals surface area contributed by atoms with E-state index in [4.69, 9.17) is 23.2 Å². The molecule has 0 bridgehead atoms. The number of benzene rings is 1. The van der Waals surface area contributed by atoms with Crippen LogP contribution in [-0.4, -0.2) is 21.0 Å². The number of halogens is 5. The molecular formula is C14H11Cl2F3N2O. The number of aromatic nitrogens is 2. The van der Waals surface area contributed by atoms with Gasteiger partial charge in [0.2, 0.25) is 0 Å². The van der Waals surface area contributed by atoms with Crippen LogP contribution in [0.2, 0.25) is 5.15 Å². The lowest BCUT2D eigenvalue weighted by Crippen LogP contribution is -2.36. The molecule has 2 rings (SSSR count). The third kappa shape index (κ3) is 2.91. The molecule has 1 heterocycles. The lowest BCUT2D eigenvalue weighted by atomic mass is 9.81. The van der Waals surface area contributed by atoms with Gasteiger partial charge in [0.05, 0.1) is 11.6 Å². The molecule has 2 atom stereocenters. The van der Waals surface area contributed by atoms with Crippen molar-refractivity contribution in [2.45, 2.75) is 18.4 Å². The minimum atomic E-state index is -2.00. The van der Waals surface area contributed by atoms with E-state index in [9.17, 15) is 18.3 Å². The van der Waals surface area contributed by atoms with Crippen molar-refractivity contribution in [2.75, 3.05) is 5.88 Å². The van der Waals surface area contributed by atoms with Crippen LogP contribution in [0.4, 0.5) is 13.2 Å². The number of hydrogen-bond donors (Lipinski definition) is 1. The van der Waals surface area contributed by atoms with Crippen molar-refractivity contribution < 1.29 is 18.3 Å². The molecule has 0 unspecified atom stereocenters. The second-order valence-corrected chi connectivity index (χ2v) is 5.39. The number of nitrogens with zero attached hydrogens (tertiary/aromatic N) is 2. The molecule has 0 aliphatic heterocycles. The van der Waals surface area contributed by atoms with E-state index in [-0.39, 0.29) is 11.3 Å². The molecule has 1 aromatic heterocycles. The fourth-order valence-electron chi connectivity index (χ4n) is 2.15. The molecule has 1 N–H and O–H groups in total. The van der Waals surface area contributed by atoms with E-state index < -0.39 is 40.0 Å².